The highest BCUT2D eigenvalue weighted by molar-refractivity contribution is 6.35. The molecule has 6 nitrogen and oxygen atoms in total. The van der Waals surface area contributed by atoms with E-state index in [1.54, 1.807) is 12.0 Å². The summed E-state index contributed by atoms with van der Waals surface area (Å²) < 4.78 is 13.0. The fourth-order valence-corrected chi connectivity index (χ4v) is 4.02. The molecule has 0 aliphatic carbocycles. The van der Waals surface area contributed by atoms with Crippen LogP contribution in [0.2, 0.25) is 5.02 Å². The van der Waals surface area contributed by atoms with Gasteiger partial charge in [-0.1, -0.05) is 17.7 Å². The van der Waals surface area contributed by atoms with Gasteiger partial charge < -0.3 is 18.9 Å². The molecule has 0 radical (unpaired) electrons. The Morgan fingerprint density at radius 3 is 2.86 bits per heavy atom. The fraction of sp³-hybridized carbons (Fsp3) is 0.619. The van der Waals surface area contributed by atoms with Crippen LogP contribution in [-0.2, 0) is 16.0 Å². The second-order valence-electron chi connectivity index (χ2n) is 8.34. The predicted molar refractivity (Wildman–Crippen MR) is 111 cm³/mol. The first kappa shape index (κ1) is 20.9. The molecule has 0 saturated carbocycles. The summed E-state index contributed by atoms with van der Waals surface area (Å²) in [6, 6.07) is 5.82. The number of benzene rings is 1. The van der Waals surface area contributed by atoms with Crippen LogP contribution in [0, 0.1) is 0 Å². The average Bonchev–Trinajstić information content (AvgIpc) is 3.01. The van der Waals surface area contributed by atoms with E-state index >= 15 is 0 Å². The molecule has 2 aromatic rings. The van der Waals surface area contributed by atoms with Gasteiger partial charge in [-0.3, -0.25) is 0 Å². The molecule has 1 atom stereocenters. The van der Waals surface area contributed by atoms with Crippen LogP contribution in [-0.4, -0.2) is 53.0 Å². The van der Waals surface area contributed by atoms with Crippen molar-refractivity contribution in [3.8, 4) is 0 Å². The van der Waals surface area contributed by atoms with Crippen molar-refractivity contribution in [1.29, 1.82) is 0 Å². The molecule has 28 heavy (non-hydrogen) atoms. The first-order valence-corrected chi connectivity index (χ1v) is 10.3. The molecule has 1 aromatic heterocycles. The number of rotatable bonds is 5. The molecule has 1 amide bonds. The molecule has 1 aliphatic rings. The molecule has 2 heterocycles. The van der Waals surface area contributed by atoms with Gasteiger partial charge in [-0.15, -0.1) is 0 Å². The Morgan fingerprint density at radius 1 is 1.36 bits per heavy atom. The average molecular weight is 408 g/mol. The van der Waals surface area contributed by atoms with Crippen LogP contribution >= 0.6 is 11.6 Å². The number of ether oxygens (including phenoxy) is 2. The molecular weight excluding hydrogens is 378 g/mol. The number of nitrogens with zero attached hydrogens (tertiary/aromatic N) is 3. The van der Waals surface area contributed by atoms with Crippen LogP contribution in [0.5, 0.6) is 0 Å². The van der Waals surface area contributed by atoms with E-state index in [2.05, 4.69) is 4.57 Å². The molecular formula is C21H30ClN3O3. The lowest BCUT2D eigenvalue weighted by atomic mass is 9.97. The Balaban J connectivity index is 1.88. The van der Waals surface area contributed by atoms with Crippen molar-refractivity contribution in [2.24, 2.45) is 0 Å². The topological polar surface area (TPSA) is 56.6 Å². The Bertz CT molecular complexity index is 828. The molecule has 3 rings (SSSR count). The number of aryl methyl sites for hydroxylation is 1. The summed E-state index contributed by atoms with van der Waals surface area (Å²) >= 11 is 6.50. The summed E-state index contributed by atoms with van der Waals surface area (Å²) in [5.74, 6) is 1.15. The maximum Gasteiger partial charge on any atom is 0.410 e. The molecule has 7 heteroatoms. The van der Waals surface area contributed by atoms with Gasteiger partial charge >= 0.3 is 6.09 Å². The highest BCUT2D eigenvalue weighted by atomic mass is 35.5. The summed E-state index contributed by atoms with van der Waals surface area (Å²) in [4.78, 5) is 19.3. The van der Waals surface area contributed by atoms with Crippen molar-refractivity contribution in [2.75, 3.05) is 26.8 Å². The highest BCUT2D eigenvalue weighted by Crippen LogP contribution is 2.32. The van der Waals surface area contributed by atoms with Gasteiger partial charge in [-0.2, -0.15) is 0 Å². The number of aromatic nitrogens is 2. The number of imidazole rings is 1. The van der Waals surface area contributed by atoms with E-state index in [1.807, 2.05) is 39.0 Å². The number of piperidine rings is 1. The van der Waals surface area contributed by atoms with Gasteiger partial charge in [-0.25, -0.2) is 9.78 Å². The van der Waals surface area contributed by atoms with Crippen molar-refractivity contribution >= 4 is 28.7 Å². The third-order valence-corrected chi connectivity index (χ3v) is 5.22. The largest absolute Gasteiger partial charge is 0.444 e. The zero-order valence-corrected chi connectivity index (χ0v) is 18.0. The number of amides is 1. The Labute approximate surface area is 171 Å². The first-order chi connectivity index (χ1) is 13.3. The minimum absolute atomic E-state index is 0.160. The van der Waals surface area contributed by atoms with Gasteiger partial charge in [0.05, 0.1) is 16.1 Å². The van der Waals surface area contributed by atoms with Crippen LogP contribution in [0.25, 0.3) is 11.0 Å². The Hall–Kier alpha value is -1.79. The zero-order chi connectivity index (χ0) is 20.3. The van der Waals surface area contributed by atoms with Crippen molar-refractivity contribution in [3.05, 3.63) is 29.0 Å². The van der Waals surface area contributed by atoms with E-state index < -0.39 is 5.60 Å². The molecule has 0 spiro atoms. The monoisotopic (exact) mass is 407 g/mol. The number of fused-ring (bicyclic) bond motifs is 1. The zero-order valence-electron chi connectivity index (χ0n) is 17.2. The maximum atomic E-state index is 12.6. The smallest absolute Gasteiger partial charge is 0.410 e. The van der Waals surface area contributed by atoms with E-state index in [9.17, 15) is 4.79 Å². The molecule has 1 fully saturated rings. The van der Waals surface area contributed by atoms with Gasteiger partial charge in [0.2, 0.25) is 0 Å². The van der Waals surface area contributed by atoms with Crippen LogP contribution in [0.15, 0.2) is 18.2 Å². The fourth-order valence-electron chi connectivity index (χ4n) is 3.74. The normalized spacial score (nSPS) is 17.9. The molecule has 0 bridgehead atoms. The van der Waals surface area contributed by atoms with E-state index in [0.717, 1.165) is 49.2 Å². The van der Waals surface area contributed by atoms with E-state index in [-0.39, 0.29) is 12.0 Å². The van der Waals surface area contributed by atoms with Crippen molar-refractivity contribution in [3.63, 3.8) is 0 Å². The molecule has 1 unspecified atom stereocenters. The van der Waals surface area contributed by atoms with Crippen LogP contribution < -0.4 is 0 Å². The van der Waals surface area contributed by atoms with E-state index in [0.29, 0.717) is 18.2 Å². The summed E-state index contributed by atoms with van der Waals surface area (Å²) in [6.07, 6.45) is 2.55. The van der Waals surface area contributed by atoms with E-state index in [4.69, 9.17) is 26.1 Å². The molecule has 154 valence electrons. The second kappa shape index (κ2) is 8.70. The molecule has 1 aromatic carbocycles. The van der Waals surface area contributed by atoms with E-state index in [1.165, 1.54) is 0 Å². The maximum absolute atomic E-state index is 12.6. The summed E-state index contributed by atoms with van der Waals surface area (Å²) in [7, 11) is 1.71. The van der Waals surface area contributed by atoms with Crippen LogP contribution in [0.1, 0.15) is 51.8 Å². The van der Waals surface area contributed by atoms with Crippen molar-refractivity contribution in [1.82, 2.24) is 14.5 Å². The first-order valence-electron chi connectivity index (χ1n) is 9.91. The number of para-hydroxylation sites is 1. The second-order valence-corrected chi connectivity index (χ2v) is 8.75. The third kappa shape index (κ3) is 4.78. The number of carbonyl (C=O) groups is 1. The lowest BCUT2D eigenvalue weighted by molar-refractivity contribution is 0.0195. The van der Waals surface area contributed by atoms with Crippen molar-refractivity contribution in [2.45, 2.75) is 58.1 Å². The van der Waals surface area contributed by atoms with Gasteiger partial charge in [-0.05, 0) is 52.2 Å². The van der Waals surface area contributed by atoms with Gasteiger partial charge in [0.15, 0.2) is 0 Å². The summed E-state index contributed by atoms with van der Waals surface area (Å²) in [6.45, 7) is 8.47. The summed E-state index contributed by atoms with van der Waals surface area (Å²) in [5.41, 5.74) is 1.36. The standard InChI is InChI=1S/C21H30ClN3O3/c1-21(2,3)28-20(26)24-11-6-8-15(14-24)19-23-17-10-5-9-16(22)18(17)25(19)12-7-13-27-4/h5,9-10,15H,6-8,11-14H2,1-4H3. The van der Waals surface area contributed by atoms with Gasteiger partial charge in [0, 0.05) is 39.3 Å². The Kier molecular flexibility index (Phi) is 6.50. The predicted octanol–water partition coefficient (Wildman–Crippen LogP) is 4.84. The lowest BCUT2D eigenvalue weighted by Crippen LogP contribution is -2.42. The Morgan fingerprint density at radius 2 is 2.14 bits per heavy atom. The van der Waals surface area contributed by atoms with Crippen LogP contribution in [0.4, 0.5) is 4.79 Å². The van der Waals surface area contributed by atoms with Crippen LogP contribution in [0.3, 0.4) is 0 Å². The quantitative estimate of drug-likeness (QED) is 0.665. The summed E-state index contributed by atoms with van der Waals surface area (Å²) in [5, 5.41) is 0.702. The highest BCUT2D eigenvalue weighted by Gasteiger charge is 2.31. The molecule has 0 N–H and O–H groups in total. The SMILES string of the molecule is COCCCn1c(C2CCCN(C(=O)OC(C)(C)C)C2)nc2cccc(Cl)c21. The van der Waals surface area contributed by atoms with Crippen molar-refractivity contribution < 1.29 is 14.3 Å². The number of hydrogen-bond donors (Lipinski definition) is 0. The number of hydrogen-bond acceptors (Lipinski definition) is 4. The molecule has 1 aliphatic heterocycles. The van der Waals surface area contributed by atoms with Gasteiger partial charge in [0.1, 0.15) is 11.4 Å². The minimum atomic E-state index is -0.495. The number of halogens is 1. The number of carbonyl (C=O) groups excluding carboxylic acids is 1. The lowest BCUT2D eigenvalue weighted by Gasteiger charge is -2.34. The third-order valence-electron chi connectivity index (χ3n) is 4.92. The molecule has 1 saturated heterocycles. The van der Waals surface area contributed by atoms with Gasteiger partial charge in [0.25, 0.3) is 0 Å². The number of methoxy groups -OCH3 is 1. The minimum Gasteiger partial charge on any atom is -0.444 e. The number of likely N-dealkylation sites (tertiary alicyclic amines) is 1.